The zero-order valence-electron chi connectivity index (χ0n) is 11.2. The summed E-state index contributed by atoms with van der Waals surface area (Å²) >= 11 is 0. The largest absolute Gasteiger partial charge is 0.354 e. The standard InChI is InChI=1S/C16H18N3/c1-12(2)19(14-7-9-18-10-8-14)15-6-4-3-5-13(15)11-16(19)17/h3-12H,17H2,1-2H3/q+1. The third-order valence-corrected chi connectivity index (χ3v) is 3.87. The summed E-state index contributed by atoms with van der Waals surface area (Å²) in [5.41, 5.74) is 10.0. The summed E-state index contributed by atoms with van der Waals surface area (Å²) in [5.74, 6) is 0.863. The van der Waals surface area contributed by atoms with Crippen LogP contribution in [0, 0.1) is 0 Å². The highest BCUT2D eigenvalue weighted by Crippen LogP contribution is 2.47. The summed E-state index contributed by atoms with van der Waals surface area (Å²) in [7, 11) is 0. The van der Waals surface area contributed by atoms with Crippen molar-refractivity contribution in [3.8, 4) is 0 Å². The average molecular weight is 252 g/mol. The van der Waals surface area contributed by atoms with Crippen LogP contribution in [0.15, 0.2) is 54.6 Å². The van der Waals surface area contributed by atoms with Crippen molar-refractivity contribution < 1.29 is 0 Å². The molecule has 0 amide bonds. The zero-order valence-corrected chi connectivity index (χ0v) is 11.2. The Morgan fingerprint density at radius 1 is 1.05 bits per heavy atom. The quantitative estimate of drug-likeness (QED) is 0.832. The topological polar surface area (TPSA) is 38.9 Å². The highest BCUT2D eigenvalue weighted by Gasteiger charge is 2.45. The molecule has 1 unspecified atom stereocenters. The van der Waals surface area contributed by atoms with Crippen molar-refractivity contribution in [3.63, 3.8) is 0 Å². The molecule has 1 aliphatic rings. The molecule has 19 heavy (non-hydrogen) atoms. The smallest absolute Gasteiger partial charge is 0.210 e. The van der Waals surface area contributed by atoms with Crippen molar-refractivity contribution in [2.45, 2.75) is 19.9 Å². The Bertz CT molecular complexity index is 631. The summed E-state index contributed by atoms with van der Waals surface area (Å²) in [4.78, 5) is 4.12. The molecule has 96 valence electrons. The summed E-state index contributed by atoms with van der Waals surface area (Å²) in [6.45, 7) is 4.40. The fourth-order valence-corrected chi connectivity index (χ4v) is 3.07. The molecule has 2 aromatic rings. The molecule has 1 aromatic carbocycles. The van der Waals surface area contributed by atoms with Gasteiger partial charge in [0.2, 0.25) is 5.82 Å². The average Bonchev–Trinajstić information content (AvgIpc) is 2.72. The van der Waals surface area contributed by atoms with E-state index in [1.54, 1.807) is 0 Å². The van der Waals surface area contributed by atoms with Gasteiger partial charge in [-0.25, -0.2) is 4.48 Å². The molecule has 0 fully saturated rings. The number of rotatable bonds is 2. The first-order chi connectivity index (χ1) is 9.17. The Morgan fingerprint density at radius 2 is 1.74 bits per heavy atom. The molecule has 2 N–H and O–H groups in total. The maximum absolute atomic E-state index is 6.41. The lowest BCUT2D eigenvalue weighted by atomic mass is 10.1. The highest BCUT2D eigenvalue weighted by atomic mass is 15.4. The Labute approximate surface area is 113 Å². The maximum Gasteiger partial charge on any atom is 0.210 e. The number of pyridine rings is 1. The molecule has 1 atom stereocenters. The van der Waals surface area contributed by atoms with Crippen LogP contribution in [-0.2, 0) is 0 Å². The number of quaternary nitrogens is 1. The predicted octanol–water partition coefficient (Wildman–Crippen LogP) is 3.40. The van der Waals surface area contributed by atoms with Crippen LogP contribution < -0.4 is 10.2 Å². The number of hydrogen-bond acceptors (Lipinski definition) is 2. The van der Waals surface area contributed by atoms with Gasteiger partial charge in [-0.05, 0) is 19.9 Å². The molecular weight excluding hydrogens is 234 g/mol. The van der Waals surface area contributed by atoms with Crippen LogP contribution >= 0.6 is 0 Å². The van der Waals surface area contributed by atoms with Gasteiger partial charge in [0.1, 0.15) is 5.69 Å². The molecular formula is C16H18N3+. The Hall–Kier alpha value is -2.13. The van der Waals surface area contributed by atoms with Gasteiger partial charge in [0.15, 0.2) is 5.69 Å². The number of fused-ring (bicyclic) bond motifs is 1. The molecule has 0 aliphatic carbocycles. The van der Waals surface area contributed by atoms with Gasteiger partial charge in [-0.3, -0.25) is 4.98 Å². The van der Waals surface area contributed by atoms with Gasteiger partial charge in [-0.15, -0.1) is 0 Å². The van der Waals surface area contributed by atoms with Crippen molar-refractivity contribution in [2.24, 2.45) is 5.73 Å². The lowest BCUT2D eigenvalue weighted by Crippen LogP contribution is -2.50. The minimum Gasteiger partial charge on any atom is -0.354 e. The van der Waals surface area contributed by atoms with E-state index in [9.17, 15) is 0 Å². The van der Waals surface area contributed by atoms with Crippen molar-refractivity contribution in [1.29, 1.82) is 0 Å². The van der Waals surface area contributed by atoms with E-state index in [1.807, 2.05) is 24.5 Å². The first-order valence-electron chi connectivity index (χ1n) is 6.54. The normalized spacial score (nSPS) is 21.3. The second-order valence-corrected chi connectivity index (χ2v) is 5.15. The number of nitrogens with zero attached hydrogens (tertiary/aromatic N) is 2. The lowest BCUT2D eigenvalue weighted by molar-refractivity contribution is 0.393. The third kappa shape index (κ3) is 1.52. The molecule has 3 nitrogen and oxygen atoms in total. The maximum atomic E-state index is 6.41. The summed E-state index contributed by atoms with van der Waals surface area (Å²) < 4.78 is 0.582. The summed E-state index contributed by atoms with van der Waals surface area (Å²) in [6.07, 6.45) is 5.73. The number of benzene rings is 1. The van der Waals surface area contributed by atoms with E-state index < -0.39 is 0 Å². The number of aromatic nitrogens is 1. The fraction of sp³-hybridized carbons (Fsp3) is 0.188. The van der Waals surface area contributed by atoms with Gasteiger partial charge in [-0.1, -0.05) is 12.1 Å². The van der Waals surface area contributed by atoms with Crippen LogP contribution in [0.3, 0.4) is 0 Å². The molecule has 1 aliphatic heterocycles. The van der Waals surface area contributed by atoms with E-state index in [2.05, 4.69) is 49.2 Å². The monoisotopic (exact) mass is 252 g/mol. The van der Waals surface area contributed by atoms with E-state index in [1.165, 1.54) is 11.3 Å². The van der Waals surface area contributed by atoms with Crippen LogP contribution in [0.2, 0.25) is 0 Å². The van der Waals surface area contributed by atoms with E-state index in [0.29, 0.717) is 10.5 Å². The second-order valence-electron chi connectivity index (χ2n) is 5.15. The minimum absolute atomic E-state index is 0.322. The van der Waals surface area contributed by atoms with Gasteiger partial charge in [-0.2, -0.15) is 0 Å². The molecule has 1 aromatic heterocycles. The Morgan fingerprint density at radius 3 is 2.42 bits per heavy atom. The predicted molar refractivity (Wildman–Crippen MR) is 79.4 cm³/mol. The number of hydrogen-bond donors (Lipinski definition) is 1. The number of para-hydroxylation sites is 1. The van der Waals surface area contributed by atoms with Crippen molar-refractivity contribution >= 4 is 17.5 Å². The third-order valence-electron chi connectivity index (χ3n) is 3.87. The molecule has 0 spiro atoms. The molecule has 2 heterocycles. The first-order valence-corrected chi connectivity index (χ1v) is 6.54. The minimum atomic E-state index is 0.322. The van der Waals surface area contributed by atoms with E-state index in [4.69, 9.17) is 5.73 Å². The molecule has 0 radical (unpaired) electrons. The molecule has 0 saturated carbocycles. The fourth-order valence-electron chi connectivity index (χ4n) is 3.07. The van der Waals surface area contributed by atoms with E-state index in [-0.39, 0.29) is 0 Å². The van der Waals surface area contributed by atoms with Gasteiger partial charge in [0.25, 0.3) is 0 Å². The lowest BCUT2D eigenvalue weighted by Gasteiger charge is -2.38. The number of nitrogens with two attached hydrogens (primary N) is 1. The highest BCUT2D eigenvalue weighted by molar-refractivity contribution is 5.81. The van der Waals surface area contributed by atoms with Crippen molar-refractivity contribution in [3.05, 3.63) is 60.2 Å². The van der Waals surface area contributed by atoms with Crippen LogP contribution in [-0.4, -0.2) is 11.0 Å². The van der Waals surface area contributed by atoms with Crippen LogP contribution in [0.25, 0.3) is 6.08 Å². The zero-order chi connectivity index (χ0) is 13.5. The van der Waals surface area contributed by atoms with Gasteiger partial charge in [0, 0.05) is 42.2 Å². The van der Waals surface area contributed by atoms with Gasteiger partial charge < -0.3 is 5.73 Å². The SMILES string of the molecule is CC(C)[N+]1(c2ccncc2)C(N)=Cc2ccccc21. The van der Waals surface area contributed by atoms with Crippen molar-refractivity contribution in [1.82, 2.24) is 9.47 Å². The summed E-state index contributed by atoms with van der Waals surface area (Å²) in [6, 6.07) is 12.8. The van der Waals surface area contributed by atoms with E-state index >= 15 is 0 Å². The van der Waals surface area contributed by atoms with Crippen molar-refractivity contribution in [2.75, 3.05) is 0 Å². The summed E-state index contributed by atoms with van der Waals surface area (Å²) in [5, 5.41) is 0. The first kappa shape index (κ1) is 11.9. The van der Waals surface area contributed by atoms with Crippen LogP contribution in [0.5, 0.6) is 0 Å². The van der Waals surface area contributed by atoms with Crippen LogP contribution in [0.1, 0.15) is 19.4 Å². The molecule has 0 bridgehead atoms. The Kier molecular flexibility index (Phi) is 2.64. The van der Waals surface area contributed by atoms with Gasteiger partial charge in [0.05, 0.1) is 6.04 Å². The molecule has 3 heteroatoms. The second kappa shape index (κ2) is 4.21. The molecule has 3 rings (SSSR count). The molecule has 0 saturated heterocycles. The Balaban J connectivity index is 2.32. The van der Waals surface area contributed by atoms with Crippen LogP contribution in [0.4, 0.5) is 11.4 Å². The van der Waals surface area contributed by atoms with E-state index in [0.717, 1.165) is 11.5 Å². The van der Waals surface area contributed by atoms with Gasteiger partial charge >= 0.3 is 0 Å².